The van der Waals surface area contributed by atoms with Crippen LogP contribution in [0.1, 0.15) is 26.5 Å². The molecule has 0 aliphatic carbocycles. The van der Waals surface area contributed by atoms with Crippen molar-refractivity contribution >= 4 is 22.4 Å². The average Bonchev–Trinajstić information content (AvgIpc) is 2.68. The van der Waals surface area contributed by atoms with E-state index in [1.807, 2.05) is 39.0 Å². The Labute approximate surface area is 104 Å². The molecule has 17 heavy (non-hydrogen) atoms. The van der Waals surface area contributed by atoms with Crippen molar-refractivity contribution in [1.29, 1.82) is 0 Å². The van der Waals surface area contributed by atoms with Gasteiger partial charge in [-0.2, -0.15) is 0 Å². The Morgan fingerprint density at radius 3 is 2.53 bits per heavy atom. The van der Waals surface area contributed by atoms with Gasteiger partial charge in [-0.15, -0.1) is 10.2 Å². The number of hydrogen-bond acceptors (Lipinski definition) is 4. The molecule has 1 N–H and O–H groups in total. The SMILES string of the molecule is Cc1nnc(NC(=O)c2ccc(C)c(C)c2)s1. The number of carbonyl (C=O) groups is 1. The van der Waals surface area contributed by atoms with Gasteiger partial charge in [0.15, 0.2) is 0 Å². The summed E-state index contributed by atoms with van der Waals surface area (Å²) in [5.74, 6) is -0.149. The Morgan fingerprint density at radius 2 is 1.94 bits per heavy atom. The number of amides is 1. The smallest absolute Gasteiger partial charge is 0.257 e. The highest BCUT2D eigenvalue weighted by Gasteiger charge is 2.09. The molecule has 0 atom stereocenters. The van der Waals surface area contributed by atoms with Crippen LogP contribution in [-0.2, 0) is 0 Å². The predicted molar refractivity (Wildman–Crippen MR) is 68.5 cm³/mol. The van der Waals surface area contributed by atoms with Gasteiger partial charge in [-0.3, -0.25) is 10.1 Å². The minimum Gasteiger partial charge on any atom is -0.296 e. The van der Waals surface area contributed by atoms with Crippen molar-refractivity contribution in [3.05, 3.63) is 39.9 Å². The largest absolute Gasteiger partial charge is 0.296 e. The summed E-state index contributed by atoms with van der Waals surface area (Å²) in [6.07, 6.45) is 0. The van der Waals surface area contributed by atoms with E-state index in [4.69, 9.17) is 0 Å². The van der Waals surface area contributed by atoms with Crippen LogP contribution in [0.25, 0.3) is 0 Å². The van der Waals surface area contributed by atoms with E-state index in [-0.39, 0.29) is 5.91 Å². The molecule has 0 bridgehead atoms. The summed E-state index contributed by atoms with van der Waals surface area (Å²) in [7, 11) is 0. The van der Waals surface area contributed by atoms with E-state index in [9.17, 15) is 4.79 Å². The average molecular weight is 247 g/mol. The van der Waals surface area contributed by atoms with Crippen molar-refractivity contribution in [3.63, 3.8) is 0 Å². The molecule has 0 aliphatic heterocycles. The first kappa shape index (κ1) is 11.7. The van der Waals surface area contributed by atoms with Crippen molar-refractivity contribution in [2.24, 2.45) is 0 Å². The minimum absolute atomic E-state index is 0.149. The Balaban J connectivity index is 2.17. The van der Waals surface area contributed by atoms with Gasteiger partial charge in [0.1, 0.15) is 5.01 Å². The molecule has 2 rings (SSSR count). The van der Waals surface area contributed by atoms with Crippen LogP contribution in [0.5, 0.6) is 0 Å². The number of aromatic nitrogens is 2. The van der Waals surface area contributed by atoms with E-state index >= 15 is 0 Å². The Morgan fingerprint density at radius 1 is 1.18 bits per heavy atom. The summed E-state index contributed by atoms with van der Waals surface area (Å²) in [6, 6.07) is 5.62. The summed E-state index contributed by atoms with van der Waals surface area (Å²) in [5, 5.41) is 11.8. The van der Waals surface area contributed by atoms with Gasteiger partial charge >= 0.3 is 0 Å². The lowest BCUT2D eigenvalue weighted by Crippen LogP contribution is -2.12. The third-order valence-corrected chi connectivity index (χ3v) is 3.27. The Bertz CT molecular complexity index is 563. The first-order valence-corrected chi connectivity index (χ1v) is 6.06. The van der Waals surface area contributed by atoms with E-state index in [0.29, 0.717) is 10.7 Å². The normalized spacial score (nSPS) is 10.3. The predicted octanol–water partition coefficient (Wildman–Crippen LogP) is 2.72. The molecule has 5 heteroatoms. The van der Waals surface area contributed by atoms with Gasteiger partial charge in [-0.1, -0.05) is 17.4 Å². The molecule has 0 fully saturated rings. The third kappa shape index (κ3) is 2.68. The maximum absolute atomic E-state index is 11.9. The fraction of sp³-hybridized carbons (Fsp3) is 0.250. The summed E-state index contributed by atoms with van der Waals surface area (Å²) in [5.41, 5.74) is 2.92. The van der Waals surface area contributed by atoms with Crippen LogP contribution in [0.3, 0.4) is 0 Å². The summed E-state index contributed by atoms with van der Waals surface area (Å²) >= 11 is 1.36. The summed E-state index contributed by atoms with van der Waals surface area (Å²) < 4.78 is 0. The molecular formula is C12H13N3OS. The highest BCUT2D eigenvalue weighted by Crippen LogP contribution is 2.16. The van der Waals surface area contributed by atoms with Crippen LogP contribution >= 0.6 is 11.3 Å². The number of anilines is 1. The number of hydrogen-bond donors (Lipinski definition) is 1. The molecule has 0 saturated heterocycles. The minimum atomic E-state index is -0.149. The number of aryl methyl sites for hydroxylation is 3. The fourth-order valence-electron chi connectivity index (χ4n) is 1.40. The summed E-state index contributed by atoms with van der Waals surface area (Å²) in [6.45, 7) is 5.86. The van der Waals surface area contributed by atoms with Crippen LogP contribution in [0.15, 0.2) is 18.2 Å². The highest BCUT2D eigenvalue weighted by atomic mass is 32.1. The van der Waals surface area contributed by atoms with E-state index in [0.717, 1.165) is 10.6 Å². The molecule has 0 radical (unpaired) electrons. The second-order valence-corrected chi connectivity index (χ2v) is 5.06. The maximum atomic E-state index is 11.9. The Kier molecular flexibility index (Phi) is 3.19. The van der Waals surface area contributed by atoms with Crippen molar-refractivity contribution in [3.8, 4) is 0 Å². The van der Waals surface area contributed by atoms with Crippen LogP contribution < -0.4 is 5.32 Å². The van der Waals surface area contributed by atoms with E-state index in [2.05, 4.69) is 15.5 Å². The zero-order chi connectivity index (χ0) is 12.4. The molecular weight excluding hydrogens is 234 g/mol. The number of carbonyl (C=O) groups excluding carboxylic acids is 1. The molecule has 1 aromatic heterocycles. The van der Waals surface area contributed by atoms with Crippen LogP contribution in [0, 0.1) is 20.8 Å². The first-order valence-electron chi connectivity index (χ1n) is 5.25. The zero-order valence-corrected chi connectivity index (χ0v) is 10.8. The topological polar surface area (TPSA) is 54.9 Å². The van der Waals surface area contributed by atoms with Gasteiger partial charge in [0.05, 0.1) is 0 Å². The number of rotatable bonds is 2. The molecule has 4 nitrogen and oxygen atoms in total. The lowest BCUT2D eigenvalue weighted by molar-refractivity contribution is 0.102. The van der Waals surface area contributed by atoms with Gasteiger partial charge < -0.3 is 0 Å². The van der Waals surface area contributed by atoms with E-state index in [1.54, 1.807) is 0 Å². The van der Waals surface area contributed by atoms with Crippen LogP contribution in [0.2, 0.25) is 0 Å². The second kappa shape index (κ2) is 4.63. The molecule has 0 spiro atoms. The van der Waals surface area contributed by atoms with Crippen molar-refractivity contribution in [1.82, 2.24) is 10.2 Å². The molecule has 88 valence electrons. The molecule has 0 unspecified atom stereocenters. The zero-order valence-electron chi connectivity index (χ0n) is 9.94. The second-order valence-electron chi connectivity index (χ2n) is 3.88. The van der Waals surface area contributed by atoms with Crippen LogP contribution in [-0.4, -0.2) is 16.1 Å². The highest BCUT2D eigenvalue weighted by molar-refractivity contribution is 7.15. The van der Waals surface area contributed by atoms with Gasteiger partial charge in [-0.25, -0.2) is 0 Å². The van der Waals surface area contributed by atoms with E-state index < -0.39 is 0 Å². The molecule has 1 heterocycles. The monoisotopic (exact) mass is 247 g/mol. The Hall–Kier alpha value is -1.75. The lowest BCUT2D eigenvalue weighted by atomic mass is 10.1. The number of nitrogens with zero attached hydrogens (tertiary/aromatic N) is 2. The third-order valence-electron chi connectivity index (χ3n) is 2.52. The molecule has 1 amide bonds. The summed E-state index contributed by atoms with van der Waals surface area (Å²) in [4.78, 5) is 11.9. The van der Waals surface area contributed by atoms with Crippen molar-refractivity contribution in [2.75, 3.05) is 5.32 Å². The molecule has 0 saturated carbocycles. The molecule has 0 aliphatic rings. The quantitative estimate of drug-likeness (QED) is 0.887. The maximum Gasteiger partial charge on any atom is 0.257 e. The fourth-order valence-corrected chi connectivity index (χ4v) is 1.99. The molecule has 1 aromatic carbocycles. The van der Waals surface area contributed by atoms with Crippen LogP contribution in [0.4, 0.5) is 5.13 Å². The first-order chi connectivity index (χ1) is 8.06. The van der Waals surface area contributed by atoms with E-state index in [1.165, 1.54) is 16.9 Å². The number of benzene rings is 1. The van der Waals surface area contributed by atoms with Gasteiger partial charge in [-0.05, 0) is 44.0 Å². The number of nitrogens with one attached hydrogen (secondary N) is 1. The molecule has 2 aromatic rings. The van der Waals surface area contributed by atoms with Gasteiger partial charge in [0.25, 0.3) is 5.91 Å². The standard InChI is InChI=1S/C12H13N3OS/c1-7-4-5-10(6-8(7)2)11(16)13-12-15-14-9(3)17-12/h4-6H,1-3H3,(H,13,15,16). The lowest BCUT2D eigenvalue weighted by Gasteiger charge is -2.04. The van der Waals surface area contributed by atoms with Crippen molar-refractivity contribution < 1.29 is 4.79 Å². The van der Waals surface area contributed by atoms with Gasteiger partial charge in [0, 0.05) is 5.56 Å². The van der Waals surface area contributed by atoms with Gasteiger partial charge in [0.2, 0.25) is 5.13 Å². The van der Waals surface area contributed by atoms with Crippen molar-refractivity contribution in [2.45, 2.75) is 20.8 Å².